The molecule has 0 aliphatic carbocycles. The molecule has 4 nitrogen and oxygen atoms in total. The maximum absolute atomic E-state index is 8.59. The van der Waals surface area contributed by atoms with Crippen molar-refractivity contribution in [3.8, 4) is 0 Å². The van der Waals surface area contributed by atoms with Crippen molar-refractivity contribution >= 4 is 0 Å². The molecule has 0 heterocycles. The van der Waals surface area contributed by atoms with Gasteiger partial charge in [-0.05, 0) is 0 Å². The molecule has 0 amide bonds. The molecule has 0 spiro atoms. The van der Waals surface area contributed by atoms with E-state index in [1.165, 1.54) is 6.92 Å². The maximum Gasteiger partial charge on any atom is 0.280 e. The van der Waals surface area contributed by atoms with Crippen molar-refractivity contribution in [2.24, 2.45) is 5.92 Å². The van der Waals surface area contributed by atoms with Gasteiger partial charge in [-0.25, -0.2) is 0 Å². The van der Waals surface area contributed by atoms with Crippen LogP contribution >= 0.6 is 0 Å². The molecule has 0 rings (SSSR count). The summed E-state index contributed by atoms with van der Waals surface area (Å²) in [6, 6.07) is 0. The standard InChI is InChI=1S/C7H14O4/c1-3-4-11-5-6(2)7(8,9)10/h3,6,8-10H,1,4-5H2,2H3. The Morgan fingerprint density at radius 1 is 1.55 bits per heavy atom. The highest BCUT2D eigenvalue weighted by Gasteiger charge is 2.27. The highest BCUT2D eigenvalue weighted by atomic mass is 16.7. The summed E-state index contributed by atoms with van der Waals surface area (Å²) in [4.78, 5) is 0. The van der Waals surface area contributed by atoms with E-state index in [-0.39, 0.29) is 6.61 Å². The van der Waals surface area contributed by atoms with Crippen LogP contribution in [0.2, 0.25) is 0 Å². The quantitative estimate of drug-likeness (QED) is 0.288. The van der Waals surface area contributed by atoms with Gasteiger partial charge >= 0.3 is 0 Å². The Labute approximate surface area is 65.7 Å². The molecule has 0 fully saturated rings. The largest absolute Gasteiger partial charge is 0.377 e. The number of aliphatic hydroxyl groups is 3. The molecule has 0 saturated heterocycles. The first-order valence-electron chi connectivity index (χ1n) is 3.34. The maximum atomic E-state index is 8.59. The summed E-state index contributed by atoms with van der Waals surface area (Å²) in [5.74, 6) is -3.39. The van der Waals surface area contributed by atoms with Gasteiger partial charge in [0.1, 0.15) is 0 Å². The van der Waals surface area contributed by atoms with Gasteiger partial charge in [0.25, 0.3) is 5.97 Å². The van der Waals surface area contributed by atoms with Crippen molar-refractivity contribution in [3.05, 3.63) is 12.7 Å². The van der Waals surface area contributed by atoms with E-state index in [9.17, 15) is 0 Å². The molecule has 4 heteroatoms. The monoisotopic (exact) mass is 162 g/mol. The van der Waals surface area contributed by atoms with Crippen molar-refractivity contribution in [1.29, 1.82) is 0 Å². The molecule has 0 aromatic carbocycles. The molecule has 0 aromatic rings. The summed E-state index contributed by atoms with van der Waals surface area (Å²) in [6.07, 6.45) is 1.54. The second-order valence-electron chi connectivity index (χ2n) is 2.41. The van der Waals surface area contributed by atoms with Crippen LogP contribution in [0, 0.1) is 5.92 Å². The second kappa shape index (κ2) is 4.46. The summed E-state index contributed by atoms with van der Waals surface area (Å²) < 4.78 is 4.87. The fourth-order valence-corrected chi connectivity index (χ4v) is 0.440. The summed E-state index contributed by atoms with van der Waals surface area (Å²) in [7, 11) is 0. The number of rotatable bonds is 5. The number of ether oxygens (including phenoxy) is 1. The molecule has 0 aromatic heterocycles. The molecule has 0 aliphatic heterocycles. The van der Waals surface area contributed by atoms with Gasteiger partial charge in [0.05, 0.1) is 19.1 Å². The molecule has 1 unspecified atom stereocenters. The molecule has 3 N–H and O–H groups in total. The van der Waals surface area contributed by atoms with Crippen LogP contribution in [0.5, 0.6) is 0 Å². The minimum atomic E-state index is -2.65. The van der Waals surface area contributed by atoms with Gasteiger partial charge in [0.2, 0.25) is 0 Å². The van der Waals surface area contributed by atoms with Crippen LogP contribution in [0.4, 0.5) is 0 Å². The third-order valence-corrected chi connectivity index (χ3v) is 1.26. The van der Waals surface area contributed by atoms with Crippen LogP contribution in [-0.4, -0.2) is 34.5 Å². The number of hydrogen-bond acceptors (Lipinski definition) is 4. The van der Waals surface area contributed by atoms with E-state index >= 15 is 0 Å². The lowest BCUT2D eigenvalue weighted by atomic mass is 10.1. The predicted molar refractivity (Wildman–Crippen MR) is 39.6 cm³/mol. The Morgan fingerprint density at radius 3 is 2.45 bits per heavy atom. The SMILES string of the molecule is C=CCOCC(C)C(O)(O)O. The highest BCUT2D eigenvalue weighted by Crippen LogP contribution is 2.09. The van der Waals surface area contributed by atoms with Crippen molar-refractivity contribution in [2.45, 2.75) is 12.9 Å². The van der Waals surface area contributed by atoms with Crippen LogP contribution in [0.1, 0.15) is 6.92 Å². The Morgan fingerprint density at radius 2 is 2.09 bits per heavy atom. The molecular formula is C7H14O4. The summed E-state index contributed by atoms with van der Waals surface area (Å²) in [5, 5.41) is 25.8. The molecule has 1 atom stereocenters. The van der Waals surface area contributed by atoms with Crippen LogP contribution in [0.25, 0.3) is 0 Å². The van der Waals surface area contributed by atoms with Gasteiger partial charge in [-0.2, -0.15) is 0 Å². The van der Waals surface area contributed by atoms with Crippen LogP contribution in [0.15, 0.2) is 12.7 Å². The Balaban J connectivity index is 3.52. The van der Waals surface area contributed by atoms with Gasteiger partial charge < -0.3 is 20.1 Å². The smallest absolute Gasteiger partial charge is 0.280 e. The van der Waals surface area contributed by atoms with Gasteiger partial charge in [0, 0.05) is 0 Å². The molecule has 66 valence electrons. The van der Waals surface area contributed by atoms with Crippen LogP contribution in [0.3, 0.4) is 0 Å². The third kappa shape index (κ3) is 4.92. The zero-order chi connectivity index (χ0) is 8.91. The first-order chi connectivity index (χ1) is 4.98. The average molecular weight is 162 g/mol. The van der Waals surface area contributed by atoms with Crippen molar-refractivity contribution in [2.75, 3.05) is 13.2 Å². The van der Waals surface area contributed by atoms with Gasteiger partial charge in [0.15, 0.2) is 0 Å². The predicted octanol–water partition coefficient (Wildman–Crippen LogP) is -0.544. The second-order valence-corrected chi connectivity index (χ2v) is 2.41. The van der Waals surface area contributed by atoms with Crippen molar-refractivity contribution < 1.29 is 20.1 Å². The molecule has 0 aliphatic rings. The molecule has 0 radical (unpaired) electrons. The van der Waals surface area contributed by atoms with Crippen LogP contribution < -0.4 is 0 Å². The Kier molecular flexibility index (Phi) is 4.29. The van der Waals surface area contributed by atoms with E-state index in [2.05, 4.69) is 6.58 Å². The first kappa shape index (κ1) is 10.6. The van der Waals surface area contributed by atoms with Crippen LogP contribution in [-0.2, 0) is 4.74 Å². The Bertz CT molecular complexity index is 116. The van der Waals surface area contributed by atoms with Gasteiger partial charge in [-0.3, -0.25) is 0 Å². The van der Waals surface area contributed by atoms with E-state index in [0.29, 0.717) is 6.61 Å². The zero-order valence-corrected chi connectivity index (χ0v) is 6.53. The van der Waals surface area contributed by atoms with Gasteiger partial charge in [-0.15, -0.1) is 6.58 Å². The highest BCUT2D eigenvalue weighted by molar-refractivity contribution is 4.65. The molecule has 11 heavy (non-hydrogen) atoms. The fourth-order valence-electron chi connectivity index (χ4n) is 0.440. The minimum absolute atomic E-state index is 0.0789. The van der Waals surface area contributed by atoms with E-state index < -0.39 is 11.9 Å². The fraction of sp³-hybridized carbons (Fsp3) is 0.714. The lowest BCUT2D eigenvalue weighted by Crippen LogP contribution is -2.38. The average Bonchev–Trinajstić information content (AvgIpc) is 1.86. The Hall–Kier alpha value is -0.420. The van der Waals surface area contributed by atoms with Crippen molar-refractivity contribution in [3.63, 3.8) is 0 Å². The van der Waals surface area contributed by atoms with E-state index in [0.717, 1.165) is 0 Å². The molecule has 0 bridgehead atoms. The van der Waals surface area contributed by atoms with Crippen molar-refractivity contribution in [1.82, 2.24) is 0 Å². The summed E-state index contributed by atoms with van der Waals surface area (Å²) >= 11 is 0. The molecular weight excluding hydrogens is 148 g/mol. The summed E-state index contributed by atoms with van der Waals surface area (Å²) in [5.41, 5.74) is 0. The minimum Gasteiger partial charge on any atom is -0.377 e. The first-order valence-corrected chi connectivity index (χ1v) is 3.34. The topological polar surface area (TPSA) is 69.9 Å². The van der Waals surface area contributed by atoms with Gasteiger partial charge in [-0.1, -0.05) is 13.0 Å². The number of hydrogen-bond donors (Lipinski definition) is 3. The summed E-state index contributed by atoms with van der Waals surface area (Å²) in [6.45, 7) is 5.28. The lowest BCUT2D eigenvalue weighted by Gasteiger charge is -2.21. The lowest BCUT2D eigenvalue weighted by molar-refractivity contribution is -0.343. The molecule has 0 saturated carbocycles. The zero-order valence-electron chi connectivity index (χ0n) is 6.53. The van der Waals surface area contributed by atoms with E-state index in [1.807, 2.05) is 0 Å². The normalized spacial score (nSPS) is 14.5. The third-order valence-electron chi connectivity index (χ3n) is 1.26. The van der Waals surface area contributed by atoms with E-state index in [1.54, 1.807) is 6.08 Å². The van der Waals surface area contributed by atoms with E-state index in [4.69, 9.17) is 20.1 Å².